The van der Waals surface area contributed by atoms with Crippen LogP contribution >= 0.6 is 0 Å². The number of benzene rings is 2. The summed E-state index contributed by atoms with van der Waals surface area (Å²) in [6.07, 6.45) is 4.42. The number of anilines is 3. The quantitative estimate of drug-likeness (QED) is 0.739. The molecular weight excluding hydrogens is 364 g/mol. The van der Waals surface area contributed by atoms with E-state index in [1.54, 1.807) is 18.2 Å². The van der Waals surface area contributed by atoms with Crippen LogP contribution in [0.4, 0.5) is 17.1 Å². The van der Waals surface area contributed by atoms with Crippen molar-refractivity contribution in [2.75, 3.05) is 42.7 Å². The van der Waals surface area contributed by atoms with E-state index in [1.165, 1.54) is 25.1 Å². The molecule has 1 atom stereocenters. The molecule has 6 heteroatoms. The lowest BCUT2D eigenvalue weighted by atomic mass is 10.2. The highest BCUT2D eigenvalue weighted by molar-refractivity contribution is 6.02. The van der Waals surface area contributed by atoms with Crippen molar-refractivity contribution in [3.05, 3.63) is 60.2 Å². The number of carbonyl (C=O) groups is 2. The van der Waals surface area contributed by atoms with Gasteiger partial charge >= 0.3 is 0 Å². The minimum atomic E-state index is -0.183. The molecule has 1 unspecified atom stereocenters. The van der Waals surface area contributed by atoms with E-state index >= 15 is 0 Å². The van der Waals surface area contributed by atoms with Crippen LogP contribution in [0.25, 0.3) is 6.08 Å². The summed E-state index contributed by atoms with van der Waals surface area (Å²) in [4.78, 5) is 27.9. The van der Waals surface area contributed by atoms with Crippen molar-refractivity contribution in [1.82, 2.24) is 4.90 Å². The molecule has 2 N–H and O–H groups in total. The van der Waals surface area contributed by atoms with Crippen LogP contribution < -0.4 is 15.5 Å². The predicted octanol–water partition coefficient (Wildman–Crippen LogP) is 3.44. The van der Waals surface area contributed by atoms with Gasteiger partial charge in [-0.05, 0) is 68.6 Å². The Morgan fingerprint density at radius 1 is 1.00 bits per heavy atom. The first-order chi connectivity index (χ1) is 13.9. The topological polar surface area (TPSA) is 64.7 Å². The SMILES string of the molecule is CC(=O)Nc1ccc(C=CC(=O)Nc2ccc(N3CCC(N(C)C)C3)cc2)cc1. The highest BCUT2D eigenvalue weighted by atomic mass is 16.2. The maximum atomic E-state index is 12.2. The molecule has 0 saturated carbocycles. The first-order valence-corrected chi connectivity index (χ1v) is 9.79. The summed E-state index contributed by atoms with van der Waals surface area (Å²) >= 11 is 0. The van der Waals surface area contributed by atoms with Gasteiger partial charge in [0.1, 0.15) is 0 Å². The molecule has 2 amide bonds. The average molecular weight is 393 g/mol. The number of hydrogen-bond donors (Lipinski definition) is 2. The van der Waals surface area contributed by atoms with Crippen molar-refractivity contribution >= 4 is 35.0 Å². The first-order valence-electron chi connectivity index (χ1n) is 9.79. The third kappa shape index (κ3) is 5.93. The van der Waals surface area contributed by atoms with Crippen LogP contribution in [0.1, 0.15) is 18.9 Å². The van der Waals surface area contributed by atoms with Gasteiger partial charge in [-0.1, -0.05) is 12.1 Å². The third-order valence-electron chi connectivity index (χ3n) is 5.05. The highest BCUT2D eigenvalue weighted by Crippen LogP contribution is 2.23. The molecule has 6 nitrogen and oxygen atoms in total. The maximum absolute atomic E-state index is 12.2. The van der Waals surface area contributed by atoms with Crippen LogP contribution in [0.2, 0.25) is 0 Å². The fraction of sp³-hybridized carbons (Fsp3) is 0.304. The van der Waals surface area contributed by atoms with E-state index in [9.17, 15) is 9.59 Å². The van der Waals surface area contributed by atoms with Gasteiger partial charge in [0.25, 0.3) is 0 Å². The van der Waals surface area contributed by atoms with Gasteiger partial charge in [0.05, 0.1) is 0 Å². The molecule has 0 bridgehead atoms. The second-order valence-electron chi connectivity index (χ2n) is 7.52. The molecule has 1 fully saturated rings. The largest absolute Gasteiger partial charge is 0.370 e. The van der Waals surface area contributed by atoms with E-state index in [0.717, 1.165) is 30.0 Å². The Morgan fingerprint density at radius 3 is 2.21 bits per heavy atom. The molecule has 0 aliphatic carbocycles. The van der Waals surface area contributed by atoms with Gasteiger partial charge < -0.3 is 20.4 Å². The Bertz CT molecular complexity index is 873. The highest BCUT2D eigenvalue weighted by Gasteiger charge is 2.23. The third-order valence-corrected chi connectivity index (χ3v) is 5.05. The van der Waals surface area contributed by atoms with Crippen molar-refractivity contribution < 1.29 is 9.59 Å². The van der Waals surface area contributed by atoms with Gasteiger partial charge in [0.15, 0.2) is 0 Å². The van der Waals surface area contributed by atoms with E-state index in [1.807, 2.05) is 24.3 Å². The number of nitrogens with one attached hydrogen (secondary N) is 2. The molecule has 1 saturated heterocycles. The van der Waals surface area contributed by atoms with Crippen LogP contribution in [0.15, 0.2) is 54.6 Å². The van der Waals surface area contributed by atoms with Gasteiger partial charge in [-0.25, -0.2) is 0 Å². The van der Waals surface area contributed by atoms with Gasteiger partial charge in [0.2, 0.25) is 11.8 Å². The number of hydrogen-bond acceptors (Lipinski definition) is 4. The number of nitrogens with zero attached hydrogens (tertiary/aromatic N) is 2. The summed E-state index contributed by atoms with van der Waals surface area (Å²) in [5, 5.41) is 5.60. The Morgan fingerprint density at radius 2 is 1.62 bits per heavy atom. The summed E-state index contributed by atoms with van der Waals surface area (Å²) in [5.41, 5.74) is 3.57. The predicted molar refractivity (Wildman–Crippen MR) is 119 cm³/mol. The number of rotatable bonds is 6. The average Bonchev–Trinajstić information content (AvgIpc) is 3.18. The number of carbonyl (C=O) groups excluding carboxylic acids is 2. The molecule has 29 heavy (non-hydrogen) atoms. The summed E-state index contributed by atoms with van der Waals surface area (Å²) in [7, 11) is 4.25. The van der Waals surface area contributed by atoms with E-state index in [-0.39, 0.29) is 11.8 Å². The van der Waals surface area contributed by atoms with E-state index < -0.39 is 0 Å². The van der Waals surface area contributed by atoms with Crippen molar-refractivity contribution in [3.8, 4) is 0 Å². The minimum Gasteiger partial charge on any atom is -0.370 e. The Kier molecular flexibility index (Phi) is 6.67. The molecule has 1 heterocycles. The number of likely N-dealkylation sites (N-methyl/N-ethyl adjacent to an activating group) is 1. The van der Waals surface area contributed by atoms with E-state index in [4.69, 9.17) is 0 Å². The van der Waals surface area contributed by atoms with Gasteiger partial charge in [-0.15, -0.1) is 0 Å². The second-order valence-corrected chi connectivity index (χ2v) is 7.52. The van der Waals surface area contributed by atoms with Crippen LogP contribution in [0.3, 0.4) is 0 Å². The number of amides is 2. The van der Waals surface area contributed by atoms with Gasteiger partial charge in [0, 0.05) is 49.2 Å². The summed E-state index contributed by atoms with van der Waals surface area (Å²) in [5.74, 6) is -0.293. The van der Waals surface area contributed by atoms with Gasteiger partial charge in [-0.2, -0.15) is 0 Å². The Balaban J connectivity index is 1.53. The van der Waals surface area contributed by atoms with E-state index in [0.29, 0.717) is 6.04 Å². The zero-order chi connectivity index (χ0) is 20.8. The van der Waals surface area contributed by atoms with Crippen molar-refractivity contribution in [1.29, 1.82) is 0 Å². The lowest BCUT2D eigenvalue weighted by Crippen LogP contribution is -2.31. The van der Waals surface area contributed by atoms with Crippen molar-refractivity contribution in [2.45, 2.75) is 19.4 Å². The molecule has 1 aliphatic heterocycles. The standard InChI is InChI=1S/C23H28N4O2/c1-17(28)24-19-7-4-18(5-8-19)6-13-23(29)25-20-9-11-21(12-10-20)27-15-14-22(16-27)26(2)3/h4-13,22H,14-16H2,1-3H3,(H,24,28)(H,25,29). The Hall–Kier alpha value is -3.12. The first kappa shape index (κ1) is 20.6. The molecule has 2 aromatic rings. The molecule has 0 spiro atoms. The molecule has 1 aliphatic rings. The van der Waals surface area contributed by atoms with Crippen LogP contribution in [-0.4, -0.2) is 49.9 Å². The van der Waals surface area contributed by atoms with E-state index in [2.05, 4.69) is 46.7 Å². The molecule has 0 aromatic heterocycles. The summed E-state index contributed by atoms with van der Waals surface area (Å²) in [6, 6.07) is 15.9. The zero-order valence-electron chi connectivity index (χ0n) is 17.2. The fourth-order valence-corrected chi connectivity index (χ4v) is 3.39. The van der Waals surface area contributed by atoms with Crippen molar-refractivity contribution in [3.63, 3.8) is 0 Å². The molecule has 152 valence electrons. The van der Waals surface area contributed by atoms with Crippen molar-refractivity contribution in [2.24, 2.45) is 0 Å². The molecule has 3 rings (SSSR count). The van der Waals surface area contributed by atoms with Gasteiger partial charge in [-0.3, -0.25) is 9.59 Å². The smallest absolute Gasteiger partial charge is 0.248 e. The normalized spacial score (nSPS) is 16.4. The summed E-state index contributed by atoms with van der Waals surface area (Å²) < 4.78 is 0. The monoisotopic (exact) mass is 392 g/mol. The molecular formula is C23H28N4O2. The Labute approximate surface area is 172 Å². The lowest BCUT2D eigenvalue weighted by Gasteiger charge is -2.22. The van der Waals surface area contributed by atoms with Crippen LogP contribution in [0.5, 0.6) is 0 Å². The maximum Gasteiger partial charge on any atom is 0.248 e. The minimum absolute atomic E-state index is 0.110. The fourth-order valence-electron chi connectivity index (χ4n) is 3.39. The van der Waals surface area contributed by atoms with Crippen LogP contribution in [-0.2, 0) is 9.59 Å². The molecule has 0 radical (unpaired) electrons. The lowest BCUT2D eigenvalue weighted by molar-refractivity contribution is -0.114. The summed E-state index contributed by atoms with van der Waals surface area (Å²) in [6.45, 7) is 3.55. The zero-order valence-corrected chi connectivity index (χ0v) is 17.2. The molecule has 2 aromatic carbocycles. The second kappa shape index (κ2) is 9.39. The van der Waals surface area contributed by atoms with Crippen LogP contribution in [0, 0.1) is 0 Å².